The van der Waals surface area contributed by atoms with Gasteiger partial charge in [0, 0.05) is 30.3 Å². The molecular weight excluding hydrogens is 495 g/mol. The molecule has 2 aromatic carbocycles. The van der Waals surface area contributed by atoms with Crippen LogP contribution in [0.4, 0.5) is 23.7 Å². The number of hydrogen-bond donors (Lipinski definition) is 3. The van der Waals surface area contributed by atoms with Crippen LogP contribution in [0.25, 0.3) is 0 Å². The van der Waals surface area contributed by atoms with Crippen molar-refractivity contribution in [1.82, 2.24) is 10.6 Å². The fourth-order valence-electron chi connectivity index (χ4n) is 5.22. The molecule has 0 saturated carbocycles. The van der Waals surface area contributed by atoms with Gasteiger partial charge in [0.2, 0.25) is 0 Å². The van der Waals surface area contributed by atoms with Gasteiger partial charge in [-0.2, -0.15) is 13.2 Å². The number of amides is 1. The Morgan fingerprint density at radius 2 is 1.79 bits per heavy atom. The topological polar surface area (TPSA) is 71.6 Å². The number of ether oxygens (including phenoxy) is 2. The van der Waals surface area contributed by atoms with E-state index in [-0.39, 0.29) is 18.1 Å². The second kappa shape index (κ2) is 11.9. The first-order chi connectivity index (χ1) is 18.0. The molecule has 1 fully saturated rings. The Balaban J connectivity index is 1.34. The van der Waals surface area contributed by atoms with Crippen molar-refractivity contribution in [3.05, 3.63) is 65.2 Å². The highest BCUT2D eigenvalue weighted by atomic mass is 19.4. The molecule has 2 aromatic rings. The number of anilines is 1. The first-order valence-electron chi connectivity index (χ1n) is 13.4. The third kappa shape index (κ3) is 7.41. The predicted molar refractivity (Wildman–Crippen MR) is 141 cm³/mol. The third-order valence-corrected chi connectivity index (χ3v) is 6.95. The van der Waals surface area contributed by atoms with E-state index in [9.17, 15) is 18.0 Å². The maximum absolute atomic E-state index is 13.5. The van der Waals surface area contributed by atoms with E-state index in [2.05, 4.69) is 28.1 Å². The highest BCUT2D eigenvalue weighted by Crippen LogP contribution is 2.51. The zero-order chi connectivity index (χ0) is 27.3. The van der Waals surface area contributed by atoms with Gasteiger partial charge >= 0.3 is 12.3 Å². The average molecular weight is 534 g/mol. The summed E-state index contributed by atoms with van der Waals surface area (Å²) in [6.07, 6.45) is -1.99. The Labute approximate surface area is 222 Å². The van der Waals surface area contributed by atoms with Gasteiger partial charge in [0.15, 0.2) is 0 Å². The summed E-state index contributed by atoms with van der Waals surface area (Å²) in [7, 11) is 0. The highest BCUT2D eigenvalue weighted by Gasteiger charge is 2.43. The van der Waals surface area contributed by atoms with E-state index in [0.717, 1.165) is 43.9 Å². The summed E-state index contributed by atoms with van der Waals surface area (Å²) in [5, 5.41) is 9.66. The maximum atomic E-state index is 13.5. The maximum Gasteiger partial charge on any atom is 0.416 e. The van der Waals surface area contributed by atoms with Crippen molar-refractivity contribution in [3.63, 3.8) is 0 Å². The van der Waals surface area contributed by atoms with Crippen LogP contribution in [0, 0.1) is 5.92 Å². The molecule has 38 heavy (non-hydrogen) atoms. The summed E-state index contributed by atoms with van der Waals surface area (Å²) in [5.41, 5.74) is 1.20. The normalized spacial score (nSPS) is 23.1. The Morgan fingerprint density at radius 3 is 2.50 bits per heavy atom. The van der Waals surface area contributed by atoms with Gasteiger partial charge in [0.25, 0.3) is 0 Å². The molecule has 0 aliphatic carbocycles. The third-order valence-electron chi connectivity index (χ3n) is 6.95. The molecule has 2 aliphatic rings. The highest BCUT2D eigenvalue weighted by molar-refractivity contribution is 5.67. The van der Waals surface area contributed by atoms with Gasteiger partial charge in [-0.15, -0.1) is 0 Å². The molecule has 4 atom stereocenters. The Bertz CT molecular complexity index is 1070. The molecule has 0 unspecified atom stereocenters. The largest absolute Gasteiger partial charge is 0.444 e. The molecule has 2 heterocycles. The van der Waals surface area contributed by atoms with Crippen LogP contribution < -0.4 is 16.0 Å². The summed E-state index contributed by atoms with van der Waals surface area (Å²) >= 11 is 0. The SMILES string of the molecule is CC(C)(C)OC(=O)NCCCCNC[C@H]1CC[C@@H]2[C@H](O1)c1cc(C(F)(F)F)ccc1N[C@H]2c1ccccc1. The van der Waals surface area contributed by atoms with Crippen molar-refractivity contribution < 1.29 is 27.4 Å². The second-order valence-corrected chi connectivity index (χ2v) is 11.1. The van der Waals surface area contributed by atoms with Crippen molar-refractivity contribution in [1.29, 1.82) is 0 Å². The van der Waals surface area contributed by atoms with Crippen LogP contribution in [0.15, 0.2) is 48.5 Å². The molecule has 0 spiro atoms. The molecule has 208 valence electrons. The molecule has 9 heteroatoms. The smallest absolute Gasteiger partial charge is 0.416 e. The molecule has 6 nitrogen and oxygen atoms in total. The van der Waals surface area contributed by atoms with E-state index in [1.807, 2.05) is 39.0 Å². The van der Waals surface area contributed by atoms with Crippen LogP contribution in [-0.4, -0.2) is 37.4 Å². The van der Waals surface area contributed by atoms with Crippen molar-refractivity contribution in [3.8, 4) is 0 Å². The van der Waals surface area contributed by atoms with Gasteiger partial charge in [0.05, 0.1) is 23.8 Å². The number of carbonyl (C=O) groups is 1. The summed E-state index contributed by atoms with van der Waals surface area (Å²) in [4.78, 5) is 11.7. The lowest BCUT2D eigenvalue weighted by Gasteiger charge is -2.46. The van der Waals surface area contributed by atoms with Crippen LogP contribution in [0.1, 0.15) is 75.3 Å². The minimum Gasteiger partial charge on any atom is -0.444 e. The Hall–Kier alpha value is -2.78. The molecule has 1 amide bonds. The number of benzene rings is 2. The number of nitrogens with one attached hydrogen (secondary N) is 3. The number of hydrogen-bond acceptors (Lipinski definition) is 5. The van der Waals surface area contributed by atoms with E-state index >= 15 is 0 Å². The number of halogens is 3. The van der Waals surface area contributed by atoms with Crippen molar-refractivity contribution in [2.75, 3.05) is 25.0 Å². The zero-order valence-corrected chi connectivity index (χ0v) is 22.2. The number of carbonyl (C=O) groups excluding carboxylic acids is 1. The number of alkyl carbamates (subject to hydrolysis) is 1. The van der Waals surface area contributed by atoms with E-state index in [0.29, 0.717) is 24.3 Å². The average Bonchev–Trinajstić information content (AvgIpc) is 2.86. The van der Waals surface area contributed by atoms with Gasteiger partial charge in [-0.05, 0) is 76.8 Å². The summed E-state index contributed by atoms with van der Waals surface area (Å²) in [6, 6.07) is 13.9. The Morgan fingerprint density at radius 1 is 1.05 bits per heavy atom. The van der Waals surface area contributed by atoms with E-state index in [1.54, 1.807) is 0 Å². The first-order valence-corrected chi connectivity index (χ1v) is 13.4. The predicted octanol–water partition coefficient (Wildman–Crippen LogP) is 6.60. The monoisotopic (exact) mass is 533 g/mol. The fraction of sp³-hybridized carbons (Fsp3) is 0.552. The van der Waals surface area contributed by atoms with Gasteiger partial charge in [-0.25, -0.2) is 4.79 Å². The van der Waals surface area contributed by atoms with Gasteiger partial charge in [-0.1, -0.05) is 30.3 Å². The quantitative estimate of drug-likeness (QED) is 0.334. The minimum absolute atomic E-state index is 0.0307. The van der Waals surface area contributed by atoms with E-state index in [1.165, 1.54) is 12.1 Å². The molecule has 1 saturated heterocycles. The number of rotatable bonds is 8. The molecule has 0 aromatic heterocycles. The molecule has 3 N–H and O–H groups in total. The van der Waals surface area contributed by atoms with Gasteiger partial charge in [-0.3, -0.25) is 0 Å². The summed E-state index contributed by atoms with van der Waals surface area (Å²) in [6.45, 7) is 7.39. The molecule has 2 aliphatic heterocycles. The summed E-state index contributed by atoms with van der Waals surface area (Å²) in [5.74, 6) is 0.0311. The van der Waals surface area contributed by atoms with Crippen molar-refractivity contribution in [2.24, 2.45) is 5.92 Å². The Kier molecular flexibility index (Phi) is 8.88. The molecule has 4 rings (SSSR count). The lowest BCUT2D eigenvalue weighted by atomic mass is 9.76. The lowest BCUT2D eigenvalue weighted by molar-refractivity contribution is -0.138. The summed E-state index contributed by atoms with van der Waals surface area (Å²) < 4.78 is 52.3. The second-order valence-electron chi connectivity index (χ2n) is 11.1. The van der Waals surface area contributed by atoms with Crippen LogP contribution in [0.5, 0.6) is 0 Å². The van der Waals surface area contributed by atoms with Crippen LogP contribution >= 0.6 is 0 Å². The van der Waals surface area contributed by atoms with Gasteiger partial charge in [0.1, 0.15) is 5.60 Å². The van der Waals surface area contributed by atoms with Crippen LogP contribution in [0.2, 0.25) is 0 Å². The number of alkyl halides is 3. The molecular formula is C29H38F3N3O3. The van der Waals surface area contributed by atoms with Crippen LogP contribution in [-0.2, 0) is 15.7 Å². The van der Waals surface area contributed by atoms with Crippen LogP contribution in [0.3, 0.4) is 0 Å². The van der Waals surface area contributed by atoms with Crippen molar-refractivity contribution in [2.45, 2.75) is 76.5 Å². The minimum atomic E-state index is -4.41. The van der Waals surface area contributed by atoms with E-state index in [4.69, 9.17) is 9.47 Å². The van der Waals surface area contributed by atoms with Gasteiger partial charge < -0.3 is 25.4 Å². The molecule has 0 radical (unpaired) electrons. The fourth-order valence-corrected chi connectivity index (χ4v) is 5.22. The number of unbranched alkanes of at least 4 members (excludes halogenated alkanes) is 1. The molecule has 0 bridgehead atoms. The standard InChI is InChI=1S/C29H38F3N3O3/c1-28(2,3)38-27(36)34-16-8-7-15-33-18-21-12-13-22-25(19-9-5-4-6-10-19)35-24-14-11-20(29(30,31)32)17-23(24)26(22)37-21/h4-6,9-11,14,17,21-22,25-26,33,35H,7-8,12-13,15-16,18H2,1-3H3,(H,34,36)/t21-,22+,25+,26+/m1/s1. The van der Waals surface area contributed by atoms with E-state index < -0.39 is 29.5 Å². The first kappa shape index (κ1) is 28.2. The number of fused-ring (bicyclic) bond motifs is 3. The van der Waals surface area contributed by atoms with Crippen molar-refractivity contribution >= 4 is 11.8 Å². The lowest BCUT2D eigenvalue weighted by Crippen LogP contribution is -2.42. The zero-order valence-electron chi connectivity index (χ0n) is 22.2.